The summed E-state index contributed by atoms with van der Waals surface area (Å²) in [6.07, 6.45) is 0. The first-order chi connectivity index (χ1) is 9.88. The van der Waals surface area contributed by atoms with Crippen LogP contribution in [-0.4, -0.2) is 17.9 Å². The largest absolute Gasteiger partial charge is 0.384 e. The number of nitrogens with one attached hydrogen (secondary N) is 1. The van der Waals surface area contributed by atoms with E-state index in [1.807, 2.05) is 44.0 Å². The molecule has 0 fully saturated rings. The molecule has 0 aliphatic rings. The Kier molecular flexibility index (Phi) is 4.63. The summed E-state index contributed by atoms with van der Waals surface area (Å²) in [5.41, 5.74) is 9.52. The number of hydrogen-bond donors (Lipinski definition) is 2. The first-order valence-corrected chi connectivity index (χ1v) is 7.46. The van der Waals surface area contributed by atoms with Crippen LogP contribution in [0, 0.1) is 19.3 Å². The second-order valence-electron chi connectivity index (χ2n) is 5.18. The lowest BCUT2D eigenvalue weighted by Gasteiger charge is -2.23. The van der Waals surface area contributed by atoms with Crippen molar-refractivity contribution in [3.8, 4) is 0 Å². The van der Waals surface area contributed by atoms with Crippen LogP contribution in [0.2, 0.25) is 0 Å². The summed E-state index contributed by atoms with van der Waals surface area (Å²) >= 11 is 3.44. The molecule has 0 atom stereocenters. The number of hydrogen-bond acceptors (Lipinski definition) is 3. The molecule has 1 aromatic heterocycles. The van der Waals surface area contributed by atoms with Crippen LogP contribution in [-0.2, 0) is 6.54 Å². The van der Waals surface area contributed by atoms with Crippen molar-refractivity contribution in [1.29, 1.82) is 5.41 Å². The van der Waals surface area contributed by atoms with Gasteiger partial charge in [-0.2, -0.15) is 0 Å². The molecule has 0 saturated heterocycles. The fraction of sp³-hybridized carbons (Fsp3) is 0.250. The number of amidine groups is 1. The van der Waals surface area contributed by atoms with Crippen LogP contribution in [0.4, 0.5) is 5.82 Å². The van der Waals surface area contributed by atoms with Crippen molar-refractivity contribution < 1.29 is 0 Å². The van der Waals surface area contributed by atoms with Crippen LogP contribution in [0.15, 0.2) is 34.8 Å². The molecule has 2 rings (SSSR count). The number of anilines is 1. The summed E-state index contributed by atoms with van der Waals surface area (Å²) in [6.45, 7) is 4.62. The molecule has 0 radical (unpaired) electrons. The molecule has 4 nitrogen and oxygen atoms in total. The van der Waals surface area contributed by atoms with Gasteiger partial charge in [0.1, 0.15) is 11.7 Å². The molecule has 2 aromatic rings. The van der Waals surface area contributed by atoms with Gasteiger partial charge in [-0.1, -0.05) is 28.1 Å². The van der Waals surface area contributed by atoms with Crippen LogP contribution in [0.5, 0.6) is 0 Å². The maximum absolute atomic E-state index is 7.79. The Morgan fingerprint density at radius 1 is 1.29 bits per heavy atom. The zero-order valence-electron chi connectivity index (χ0n) is 12.4. The minimum atomic E-state index is 0.0534. The van der Waals surface area contributed by atoms with Gasteiger partial charge in [-0.3, -0.25) is 5.41 Å². The first kappa shape index (κ1) is 15.5. The van der Waals surface area contributed by atoms with Gasteiger partial charge in [-0.25, -0.2) is 4.98 Å². The highest BCUT2D eigenvalue weighted by Crippen LogP contribution is 2.23. The third kappa shape index (κ3) is 3.61. The van der Waals surface area contributed by atoms with Gasteiger partial charge in [-0.05, 0) is 43.2 Å². The highest BCUT2D eigenvalue weighted by atomic mass is 79.9. The molecule has 3 N–H and O–H groups in total. The number of benzene rings is 1. The van der Waals surface area contributed by atoms with Crippen molar-refractivity contribution >= 4 is 27.6 Å². The van der Waals surface area contributed by atoms with Gasteiger partial charge in [0.15, 0.2) is 0 Å². The Bertz CT molecular complexity index is 665. The van der Waals surface area contributed by atoms with Crippen molar-refractivity contribution in [1.82, 2.24) is 4.98 Å². The van der Waals surface area contributed by atoms with E-state index in [-0.39, 0.29) is 5.84 Å². The van der Waals surface area contributed by atoms with E-state index in [1.165, 1.54) is 5.56 Å². The quantitative estimate of drug-likeness (QED) is 0.658. The fourth-order valence-electron chi connectivity index (χ4n) is 2.36. The molecule has 5 heteroatoms. The SMILES string of the molecule is Cc1cc(C)c(C(=N)N)c(N(C)Cc2ccc(Br)cc2)n1. The number of nitrogens with zero attached hydrogens (tertiary/aromatic N) is 2. The molecule has 110 valence electrons. The summed E-state index contributed by atoms with van der Waals surface area (Å²) in [5, 5.41) is 7.79. The Labute approximate surface area is 133 Å². The summed E-state index contributed by atoms with van der Waals surface area (Å²) in [4.78, 5) is 6.59. The number of pyridine rings is 1. The molecule has 0 unspecified atom stereocenters. The zero-order valence-corrected chi connectivity index (χ0v) is 14.0. The average molecular weight is 347 g/mol. The molecule has 21 heavy (non-hydrogen) atoms. The predicted octanol–water partition coefficient (Wildman–Crippen LogP) is 3.38. The van der Waals surface area contributed by atoms with Gasteiger partial charge in [0.25, 0.3) is 0 Å². The number of aryl methyl sites for hydroxylation is 2. The van der Waals surface area contributed by atoms with E-state index in [4.69, 9.17) is 11.1 Å². The summed E-state index contributed by atoms with van der Waals surface area (Å²) in [6, 6.07) is 10.1. The van der Waals surface area contributed by atoms with Crippen molar-refractivity contribution in [2.75, 3.05) is 11.9 Å². The van der Waals surface area contributed by atoms with Crippen molar-refractivity contribution in [3.63, 3.8) is 0 Å². The second-order valence-corrected chi connectivity index (χ2v) is 6.09. The molecule has 0 bridgehead atoms. The van der Waals surface area contributed by atoms with Crippen molar-refractivity contribution in [3.05, 3.63) is 57.2 Å². The highest BCUT2D eigenvalue weighted by molar-refractivity contribution is 9.10. The normalized spacial score (nSPS) is 10.5. The van der Waals surface area contributed by atoms with Crippen LogP contribution < -0.4 is 10.6 Å². The van der Waals surface area contributed by atoms with E-state index in [9.17, 15) is 0 Å². The van der Waals surface area contributed by atoms with Gasteiger partial charge in [0.05, 0.1) is 5.56 Å². The van der Waals surface area contributed by atoms with Crippen molar-refractivity contribution in [2.24, 2.45) is 5.73 Å². The maximum Gasteiger partial charge on any atom is 0.140 e. The van der Waals surface area contributed by atoms with E-state index in [2.05, 4.69) is 33.0 Å². The van der Waals surface area contributed by atoms with Crippen LogP contribution in [0.1, 0.15) is 22.4 Å². The molecule has 0 aliphatic heterocycles. The van der Waals surface area contributed by atoms with E-state index in [0.717, 1.165) is 21.5 Å². The van der Waals surface area contributed by atoms with Gasteiger partial charge in [0.2, 0.25) is 0 Å². The third-order valence-corrected chi connectivity index (χ3v) is 3.82. The third-order valence-electron chi connectivity index (χ3n) is 3.29. The molecular formula is C16H19BrN4. The lowest BCUT2D eigenvalue weighted by atomic mass is 10.1. The van der Waals surface area contributed by atoms with E-state index in [0.29, 0.717) is 12.1 Å². The molecule has 0 spiro atoms. The Balaban J connectivity index is 2.36. The number of aromatic nitrogens is 1. The number of rotatable bonds is 4. The summed E-state index contributed by atoms with van der Waals surface area (Å²) in [7, 11) is 1.97. The zero-order chi connectivity index (χ0) is 15.6. The van der Waals surface area contributed by atoms with E-state index in [1.54, 1.807) is 0 Å². The van der Waals surface area contributed by atoms with Crippen LogP contribution >= 0.6 is 15.9 Å². The van der Waals surface area contributed by atoms with Gasteiger partial charge in [0, 0.05) is 23.8 Å². The predicted molar refractivity (Wildman–Crippen MR) is 91.0 cm³/mol. The molecule has 1 aromatic carbocycles. The lowest BCUT2D eigenvalue weighted by molar-refractivity contribution is 0.887. The molecular weight excluding hydrogens is 328 g/mol. The Morgan fingerprint density at radius 3 is 2.48 bits per heavy atom. The smallest absolute Gasteiger partial charge is 0.140 e. The van der Waals surface area contributed by atoms with Gasteiger partial charge in [-0.15, -0.1) is 0 Å². The molecule has 1 heterocycles. The molecule has 0 aliphatic carbocycles. The Morgan fingerprint density at radius 2 is 1.90 bits per heavy atom. The highest BCUT2D eigenvalue weighted by Gasteiger charge is 2.15. The monoisotopic (exact) mass is 346 g/mol. The average Bonchev–Trinajstić information content (AvgIpc) is 2.39. The molecule has 0 amide bonds. The first-order valence-electron chi connectivity index (χ1n) is 6.66. The summed E-state index contributed by atoms with van der Waals surface area (Å²) in [5.74, 6) is 0.806. The van der Waals surface area contributed by atoms with Gasteiger partial charge < -0.3 is 10.6 Å². The summed E-state index contributed by atoms with van der Waals surface area (Å²) < 4.78 is 1.06. The topological polar surface area (TPSA) is 66.0 Å². The van der Waals surface area contributed by atoms with Crippen LogP contribution in [0.25, 0.3) is 0 Å². The maximum atomic E-state index is 7.79. The standard InChI is InChI=1S/C16H19BrN4/c1-10-8-11(2)20-16(14(10)15(18)19)21(3)9-12-4-6-13(17)7-5-12/h4-8H,9H2,1-3H3,(H3,18,19). The Hall–Kier alpha value is -1.88. The molecule has 0 saturated carbocycles. The number of nitrogen functional groups attached to an aromatic ring is 1. The lowest BCUT2D eigenvalue weighted by Crippen LogP contribution is -2.24. The van der Waals surface area contributed by atoms with Crippen LogP contribution in [0.3, 0.4) is 0 Å². The second kappa shape index (κ2) is 6.26. The fourth-order valence-corrected chi connectivity index (χ4v) is 2.63. The number of nitrogens with two attached hydrogens (primary N) is 1. The minimum Gasteiger partial charge on any atom is -0.384 e. The van der Waals surface area contributed by atoms with Crippen molar-refractivity contribution in [2.45, 2.75) is 20.4 Å². The van der Waals surface area contributed by atoms with E-state index >= 15 is 0 Å². The number of halogens is 1. The van der Waals surface area contributed by atoms with E-state index < -0.39 is 0 Å². The van der Waals surface area contributed by atoms with Gasteiger partial charge >= 0.3 is 0 Å². The minimum absolute atomic E-state index is 0.0534.